The number of benzene rings is 3. The lowest BCUT2D eigenvalue weighted by atomic mass is 10.1. The van der Waals surface area contributed by atoms with Crippen LogP contribution >= 0.6 is 11.6 Å². The van der Waals surface area contributed by atoms with E-state index in [1.165, 1.54) is 5.56 Å². The zero-order valence-corrected chi connectivity index (χ0v) is 20.5. The van der Waals surface area contributed by atoms with Gasteiger partial charge in [-0.25, -0.2) is 4.90 Å². The minimum atomic E-state index is -0.600. The predicted octanol–water partition coefficient (Wildman–Crippen LogP) is 4.42. The molecule has 3 aromatic rings. The third-order valence-corrected chi connectivity index (χ3v) is 5.95. The van der Waals surface area contributed by atoms with Gasteiger partial charge >= 0.3 is 0 Å². The van der Waals surface area contributed by atoms with Crippen molar-refractivity contribution in [3.05, 3.63) is 101 Å². The summed E-state index contributed by atoms with van der Waals surface area (Å²) in [5.41, 5.74) is 2.97. The number of anilines is 2. The molecule has 0 atom stereocenters. The fourth-order valence-corrected chi connectivity index (χ4v) is 4.01. The predicted molar refractivity (Wildman–Crippen MR) is 140 cm³/mol. The van der Waals surface area contributed by atoms with Crippen molar-refractivity contribution < 1.29 is 19.1 Å². The van der Waals surface area contributed by atoms with Gasteiger partial charge < -0.3 is 15.4 Å². The van der Waals surface area contributed by atoms with E-state index in [9.17, 15) is 14.4 Å². The van der Waals surface area contributed by atoms with Gasteiger partial charge in [-0.2, -0.15) is 0 Å². The van der Waals surface area contributed by atoms with E-state index in [0.29, 0.717) is 30.3 Å². The Morgan fingerprint density at radius 2 is 1.58 bits per heavy atom. The van der Waals surface area contributed by atoms with Gasteiger partial charge in [0.1, 0.15) is 16.5 Å². The van der Waals surface area contributed by atoms with Crippen molar-refractivity contribution in [1.29, 1.82) is 0 Å². The minimum absolute atomic E-state index is 0.00181. The molecule has 0 saturated carbocycles. The molecular weight excluding hydrogens is 478 g/mol. The highest BCUT2D eigenvalue weighted by atomic mass is 35.5. The Bertz CT molecular complexity index is 1270. The van der Waals surface area contributed by atoms with E-state index in [0.717, 1.165) is 16.9 Å². The third kappa shape index (κ3) is 5.93. The number of imide groups is 1. The second kappa shape index (κ2) is 11.6. The summed E-state index contributed by atoms with van der Waals surface area (Å²) in [6.45, 7) is 2.95. The van der Waals surface area contributed by atoms with E-state index in [2.05, 4.69) is 10.6 Å². The Hall–Kier alpha value is -4.10. The van der Waals surface area contributed by atoms with Crippen LogP contribution in [0.15, 0.2) is 89.6 Å². The molecule has 1 aliphatic heterocycles. The van der Waals surface area contributed by atoms with Crippen LogP contribution in [0, 0.1) is 0 Å². The number of carbonyl (C=O) groups excluding carboxylic acids is 3. The van der Waals surface area contributed by atoms with Crippen molar-refractivity contribution in [1.82, 2.24) is 5.32 Å². The van der Waals surface area contributed by atoms with Crippen molar-refractivity contribution in [3.63, 3.8) is 0 Å². The molecule has 1 heterocycles. The molecule has 0 fully saturated rings. The number of ether oxygens (including phenoxy) is 1. The monoisotopic (exact) mass is 503 g/mol. The molecule has 1 aliphatic rings. The van der Waals surface area contributed by atoms with E-state index in [-0.39, 0.29) is 23.1 Å². The summed E-state index contributed by atoms with van der Waals surface area (Å²) in [5.74, 6) is -0.573. The molecule has 8 heteroatoms. The van der Waals surface area contributed by atoms with Crippen molar-refractivity contribution in [2.75, 3.05) is 23.4 Å². The van der Waals surface area contributed by atoms with Gasteiger partial charge in [0.25, 0.3) is 11.8 Å². The van der Waals surface area contributed by atoms with Gasteiger partial charge in [-0.1, -0.05) is 54.1 Å². The lowest BCUT2D eigenvalue weighted by Crippen LogP contribution is -2.32. The van der Waals surface area contributed by atoms with Crippen LogP contribution < -0.4 is 20.3 Å². The number of nitrogens with zero attached hydrogens (tertiary/aromatic N) is 1. The normalized spacial score (nSPS) is 13.2. The molecule has 3 aromatic carbocycles. The van der Waals surface area contributed by atoms with Crippen LogP contribution in [0.2, 0.25) is 0 Å². The molecule has 4 rings (SSSR count). The highest BCUT2D eigenvalue weighted by Gasteiger charge is 2.38. The van der Waals surface area contributed by atoms with Gasteiger partial charge in [-0.15, -0.1) is 0 Å². The fourth-order valence-electron chi connectivity index (χ4n) is 3.79. The van der Waals surface area contributed by atoms with Crippen LogP contribution in [0.3, 0.4) is 0 Å². The van der Waals surface area contributed by atoms with Crippen molar-refractivity contribution in [3.8, 4) is 5.75 Å². The number of nitrogens with one attached hydrogen (secondary N) is 2. The van der Waals surface area contributed by atoms with Crippen molar-refractivity contribution >= 4 is 40.7 Å². The molecule has 0 aromatic heterocycles. The summed E-state index contributed by atoms with van der Waals surface area (Å²) in [7, 11) is 0. The number of carbonyl (C=O) groups is 3. The summed E-state index contributed by atoms with van der Waals surface area (Å²) in [6.07, 6.45) is 1.01. The van der Waals surface area contributed by atoms with Crippen LogP contribution in [0.25, 0.3) is 0 Å². The number of hydrogen-bond donors (Lipinski definition) is 2. The smallest absolute Gasteiger partial charge is 0.283 e. The van der Waals surface area contributed by atoms with Gasteiger partial charge in [0.2, 0.25) is 5.91 Å². The molecule has 7 nitrogen and oxygen atoms in total. The number of rotatable bonds is 10. The van der Waals surface area contributed by atoms with E-state index in [1.54, 1.807) is 48.5 Å². The second-order valence-corrected chi connectivity index (χ2v) is 8.52. The first-order valence-corrected chi connectivity index (χ1v) is 12.0. The number of halogens is 1. The van der Waals surface area contributed by atoms with Crippen molar-refractivity contribution in [2.24, 2.45) is 0 Å². The maximum atomic E-state index is 13.0. The van der Waals surface area contributed by atoms with Gasteiger partial charge in [0.15, 0.2) is 0 Å². The summed E-state index contributed by atoms with van der Waals surface area (Å²) in [5, 5.41) is 5.69. The van der Waals surface area contributed by atoms with Crippen LogP contribution in [-0.2, 0) is 27.2 Å². The van der Waals surface area contributed by atoms with E-state index in [1.807, 2.05) is 37.3 Å². The molecule has 0 spiro atoms. The van der Waals surface area contributed by atoms with E-state index >= 15 is 0 Å². The molecule has 0 saturated heterocycles. The summed E-state index contributed by atoms with van der Waals surface area (Å²) < 4.78 is 5.41. The highest BCUT2D eigenvalue weighted by molar-refractivity contribution is 6.53. The second-order valence-electron chi connectivity index (χ2n) is 8.15. The first-order valence-electron chi connectivity index (χ1n) is 11.6. The maximum absolute atomic E-state index is 13.0. The topological polar surface area (TPSA) is 87.7 Å². The Balaban J connectivity index is 1.33. The molecule has 0 bridgehead atoms. The van der Waals surface area contributed by atoms with Gasteiger partial charge in [0, 0.05) is 12.2 Å². The summed E-state index contributed by atoms with van der Waals surface area (Å²) >= 11 is 6.22. The molecule has 0 unspecified atom stereocenters. The Kier molecular flexibility index (Phi) is 8.02. The largest absolute Gasteiger partial charge is 0.494 e. The average Bonchev–Trinajstić information content (AvgIpc) is 3.09. The van der Waals surface area contributed by atoms with Gasteiger partial charge in [0.05, 0.1) is 18.7 Å². The van der Waals surface area contributed by atoms with Crippen LogP contribution in [0.4, 0.5) is 11.4 Å². The molecule has 2 N–H and O–H groups in total. The minimum Gasteiger partial charge on any atom is -0.494 e. The summed E-state index contributed by atoms with van der Waals surface area (Å²) in [4.78, 5) is 38.9. The highest BCUT2D eigenvalue weighted by Crippen LogP contribution is 2.31. The van der Waals surface area contributed by atoms with E-state index in [4.69, 9.17) is 16.3 Å². The molecular formula is C28H26ClN3O4. The first kappa shape index (κ1) is 25.0. The quantitative estimate of drug-likeness (QED) is 0.400. The summed E-state index contributed by atoms with van der Waals surface area (Å²) in [6, 6.07) is 23.7. The van der Waals surface area contributed by atoms with Gasteiger partial charge in [-0.3, -0.25) is 14.4 Å². The SMILES string of the molecule is CCOc1ccc(N2C(=O)C(Cl)=C(Nc3ccc(CC(=O)NCCc4ccccc4)cc3)C2=O)cc1. The number of hydrogen-bond acceptors (Lipinski definition) is 5. The molecule has 0 radical (unpaired) electrons. The first-order chi connectivity index (χ1) is 17.5. The van der Waals surface area contributed by atoms with Crippen molar-refractivity contribution in [2.45, 2.75) is 19.8 Å². The molecule has 36 heavy (non-hydrogen) atoms. The molecule has 3 amide bonds. The number of amides is 3. The van der Waals surface area contributed by atoms with Crippen LogP contribution in [-0.4, -0.2) is 30.9 Å². The lowest BCUT2D eigenvalue weighted by molar-refractivity contribution is -0.121. The zero-order valence-electron chi connectivity index (χ0n) is 19.8. The average molecular weight is 504 g/mol. The maximum Gasteiger partial charge on any atom is 0.283 e. The lowest BCUT2D eigenvalue weighted by Gasteiger charge is -2.15. The Morgan fingerprint density at radius 3 is 2.25 bits per heavy atom. The Labute approximate surface area is 214 Å². The fraction of sp³-hybridized carbons (Fsp3) is 0.179. The Morgan fingerprint density at radius 1 is 0.889 bits per heavy atom. The molecule has 184 valence electrons. The standard InChI is InChI=1S/C28H26ClN3O4/c1-2-36-23-14-12-22(13-15-23)32-27(34)25(29)26(28(32)35)31-21-10-8-20(9-11-21)18-24(33)30-17-16-19-6-4-3-5-7-19/h3-15,31H,2,16-18H2,1H3,(H,30,33). The molecule has 0 aliphatic carbocycles. The van der Waals surface area contributed by atoms with Crippen LogP contribution in [0.1, 0.15) is 18.1 Å². The van der Waals surface area contributed by atoms with Crippen LogP contribution in [0.5, 0.6) is 5.75 Å². The van der Waals surface area contributed by atoms with E-state index < -0.39 is 11.8 Å². The zero-order chi connectivity index (χ0) is 25.5. The third-order valence-electron chi connectivity index (χ3n) is 5.60. The van der Waals surface area contributed by atoms with Gasteiger partial charge in [-0.05, 0) is 60.9 Å².